The maximum atomic E-state index is 12.4. The zero-order valence-electron chi connectivity index (χ0n) is 11.0. The van der Waals surface area contributed by atoms with Crippen LogP contribution in [-0.4, -0.2) is 20.1 Å². The van der Waals surface area contributed by atoms with Crippen LogP contribution in [0.15, 0.2) is 53.4 Å². The molecule has 0 saturated heterocycles. The fourth-order valence-electron chi connectivity index (χ4n) is 1.67. The molecule has 0 spiro atoms. The second-order valence-electron chi connectivity index (χ2n) is 4.29. The quantitative estimate of drug-likeness (QED) is 0.921. The highest BCUT2D eigenvalue weighted by atomic mass is 35.5. The van der Waals surface area contributed by atoms with Crippen LogP contribution in [0.1, 0.15) is 10.4 Å². The van der Waals surface area contributed by atoms with Crippen molar-refractivity contribution in [2.24, 2.45) is 0 Å². The lowest BCUT2D eigenvalue weighted by molar-refractivity contribution is 0.102. The number of amides is 1. The highest BCUT2D eigenvalue weighted by Gasteiger charge is 2.26. The first kappa shape index (κ1) is 16.4. The number of sulfone groups is 1. The zero-order valence-corrected chi connectivity index (χ0v) is 12.5. The summed E-state index contributed by atoms with van der Waals surface area (Å²) >= 11 is 5.79. The van der Waals surface area contributed by atoms with E-state index in [0.717, 1.165) is 24.3 Å². The van der Waals surface area contributed by atoms with Gasteiger partial charge in [-0.3, -0.25) is 4.79 Å². The van der Waals surface area contributed by atoms with Gasteiger partial charge in [0.25, 0.3) is 5.91 Å². The predicted molar refractivity (Wildman–Crippen MR) is 79.0 cm³/mol. The first-order chi connectivity index (χ1) is 10.3. The van der Waals surface area contributed by atoms with Crippen LogP contribution in [0.4, 0.5) is 14.5 Å². The first-order valence-electron chi connectivity index (χ1n) is 6.00. The fourth-order valence-corrected chi connectivity index (χ4v) is 2.58. The number of alkyl halides is 2. The van der Waals surface area contributed by atoms with E-state index in [1.54, 1.807) is 18.2 Å². The Balaban J connectivity index is 2.19. The molecule has 0 aromatic heterocycles. The van der Waals surface area contributed by atoms with Crippen LogP contribution in [0.25, 0.3) is 0 Å². The van der Waals surface area contributed by atoms with Gasteiger partial charge >= 0.3 is 5.76 Å². The lowest BCUT2D eigenvalue weighted by Crippen LogP contribution is -2.14. The Kier molecular flexibility index (Phi) is 4.77. The van der Waals surface area contributed by atoms with Gasteiger partial charge in [0.2, 0.25) is 9.84 Å². The van der Waals surface area contributed by atoms with Crippen LogP contribution in [0.3, 0.4) is 0 Å². The number of carbonyl (C=O) groups excluding carboxylic acids is 1. The molecule has 0 aliphatic carbocycles. The molecule has 1 amide bonds. The average molecular weight is 346 g/mol. The third kappa shape index (κ3) is 3.61. The van der Waals surface area contributed by atoms with Gasteiger partial charge in [-0.25, -0.2) is 8.42 Å². The van der Waals surface area contributed by atoms with E-state index in [9.17, 15) is 22.0 Å². The van der Waals surface area contributed by atoms with Gasteiger partial charge in [0.15, 0.2) is 0 Å². The molecule has 8 heteroatoms. The van der Waals surface area contributed by atoms with Crippen LogP contribution >= 0.6 is 11.6 Å². The molecule has 116 valence electrons. The van der Waals surface area contributed by atoms with E-state index in [-0.39, 0.29) is 5.56 Å². The van der Waals surface area contributed by atoms with Crippen LogP contribution in [0, 0.1) is 0 Å². The summed E-state index contributed by atoms with van der Waals surface area (Å²) in [5, 5.41) is 3.00. The molecule has 0 radical (unpaired) electrons. The molecule has 2 rings (SSSR count). The summed E-state index contributed by atoms with van der Waals surface area (Å²) in [6, 6.07) is 10.7. The van der Waals surface area contributed by atoms with Gasteiger partial charge in [-0.2, -0.15) is 8.78 Å². The summed E-state index contributed by atoms with van der Waals surface area (Å²) in [5.41, 5.74) is 0.593. The summed E-state index contributed by atoms with van der Waals surface area (Å²) in [6.07, 6.45) is 0. The van der Waals surface area contributed by atoms with E-state index in [4.69, 9.17) is 11.6 Å². The Morgan fingerprint density at radius 1 is 1.09 bits per heavy atom. The Morgan fingerprint density at radius 2 is 1.73 bits per heavy atom. The minimum absolute atomic E-state index is 0.133. The fraction of sp³-hybridized carbons (Fsp3) is 0.0714. The second kappa shape index (κ2) is 6.41. The minimum atomic E-state index is -4.67. The molecule has 1 N–H and O–H groups in total. The predicted octanol–water partition coefficient (Wildman–Crippen LogP) is 3.59. The standard InChI is InChI=1S/C14H10ClF2NO3S/c15-10-2-1-3-11(8-10)18-13(19)9-4-6-12(7-5-9)22(20,21)14(16)17/h1-8,14H,(H,18,19). The van der Waals surface area contributed by atoms with E-state index in [1.165, 1.54) is 6.07 Å². The van der Waals surface area contributed by atoms with Crippen molar-refractivity contribution in [1.29, 1.82) is 0 Å². The number of nitrogens with one attached hydrogen (secondary N) is 1. The average Bonchev–Trinajstić information content (AvgIpc) is 2.47. The number of rotatable bonds is 4. The van der Waals surface area contributed by atoms with E-state index in [0.29, 0.717) is 10.7 Å². The topological polar surface area (TPSA) is 63.2 Å². The Morgan fingerprint density at radius 3 is 2.27 bits per heavy atom. The highest BCUT2D eigenvalue weighted by Crippen LogP contribution is 2.20. The van der Waals surface area contributed by atoms with Crippen molar-refractivity contribution in [1.82, 2.24) is 0 Å². The van der Waals surface area contributed by atoms with Gasteiger partial charge in [0.05, 0.1) is 4.90 Å². The molecule has 2 aromatic carbocycles. The molecule has 0 aliphatic rings. The Labute approximate surface area is 130 Å². The van der Waals surface area contributed by atoms with Gasteiger partial charge in [-0.05, 0) is 42.5 Å². The zero-order chi connectivity index (χ0) is 16.3. The van der Waals surface area contributed by atoms with E-state index in [2.05, 4.69) is 5.32 Å². The molecule has 4 nitrogen and oxygen atoms in total. The lowest BCUT2D eigenvalue weighted by Gasteiger charge is -2.07. The molecule has 2 aromatic rings. The van der Waals surface area contributed by atoms with E-state index in [1.807, 2.05) is 0 Å². The largest absolute Gasteiger partial charge is 0.341 e. The van der Waals surface area contributed by atoms with Gasteiger partial charge in [0.1, 0.15) is 0 Å². The molecule has 0 bridgehead atoms. The molecule has 22 heavy (non-hydrogen) atoms. The maximum absolute atomic E-state index is 12.4. The van der Waals surface area contributed by atoms with Gasteiger partial charge < -0.3 is 5.32 Å². The third-order valence-corrected chi connectivity index (χ3v) is 4.40. The summed E-state index contributed by atoms with van der Waals surface area (Å²) < 4.78 is 47.4. The molecule has 0 aliphatic heterocycles. The van der Waals surface area contributed by atoms with E-state index < -0.39 is 26.4 Å². The monoisotopic (exact) mass is 345 g/mol. The minimum Gasteiger partial charge on any atom is -0.322 e. The SMILES string of the molecule is O=C(Nc1cccc(Cl)c1)c1ccc(S(=O)(=O)C(F)F)cc1. The van der Waals surface area contributed by atoms with E-state index >= 15 is 0 Å². The van der Waals surface area contributed by atoms with Crippen molar-refractivity contribution >= 4 is 33.0 Å². The molecule has 0 unspecified atom stereocenters. The number of carbonyl (C=O) groups is 1. The molecule has 0 heterocycles. The number of benzene rings is 2. The lowest BCUT2D eigenvalue weighted by atomic mass is 10.2. The first-order valence-corrected chi connectivity index (χ1v) is 7.92. The van der Waals surface area contributed by atoms with Crippen LogP contribution in [0.5, 0.6) is 0 Å². The van der Waals surface area contributed by atoms with Crippen molar-refractivity contribution in [2.45, 2.75) is 10.7 Å². The summed E-state index contributed by atoms with van der Waals surface area (Å²) in [6.45, 7) is 0. The van der Waals surface area contributed by atoms with Gasteiger partial charge in [-0.15, -0.1) is 0 Å². The Bertz CT molecular complexity index is 792. The third-order valence-electron chi connectivity index (χ3n) is 2.76. The van der Waals surface area contributed by atoms with Gasteiger partial charge in [0, 0.05) is 16.3 Å². The second-order valence-corrected chi connectivity index (χ2v) is 6.65. The van der Waals surface area contributed by atoms with Crippen LogP contribution < -0.4 is 5.32 Å². The molecule has 0 atom stereocenters. The number of hydrogen-bond donors (Lipinski definition) is 1. The maximum Gasteiger partial charge on any atom is 0.341 e. The highest BCUT2D eigenvalue weighted by molar-refractivity contribution is 7.91. The summed E-state index contributed by atoms with van der Waals surface area (Å²) in [7, 11) is -4.67. The van der Waals surface area contributed by atoms with Crippen molar-refractivity contribution in [3.05, 3.63) is 59.1 Å². The number of hydrogen-bond acceptors (Lipinski definition) is 3. The molecule has 0 fully saturated rings. The number of halogens is 3. The number of anilines is 1. The van der Waals surface area contributed by atoms with Gasteiger partial charge in [-0.1, -0.05) is 17.7 Å². The van der Waals surface area contributed by atoms with Crippen molar-refractivity contribution in [3.8, 4) is 0 Å². The molecular formula is C14H10ClF2NO3S. The summed E-state index contributed by atoms with van der Waals surface area (Å²) in [4.78, 5) is 11.4. The van der Waals surface area contributed by atoms with Crippen molar-refractivity contribution < 1.29 is 22.0 Å². The molecular weight excluding hydrogens is 336 g/mol. The molecule has 0 saturated carbocycles. The van der Waals surface area contributed by atoms with Crippen LogP contribution in [-0.2, 0) is 9.84 Å². The normalized spacial score (nSPS) is 11.5. The van der Waals surface area contributed by atoms with Crippen LogP contribution in [0.2, 0.25) is 5.02 Å². The smallest absolute Gasteiger partial charge is 0.322 e. The Hall–Kier alpha value is -1.99. The van der Waals surface area contributed by atoms with Crippen molar-refractivity contribution in [3.63, 3.8) is 0 Å². The van der Waals surface area contributed by atoms with Crippen molar-refractivity contribution in [2.75, 3.05) is 5.32 Å². The summed E-state index contributed by atoms with van der Waals surface area (Å²) in [5.74, 6) is -4.01.